The van der Waals surface area contributed by atoms with Crippen molar-refractivity contribution >= 4 is 78.4 Å². The molecule has 16 heteroatoms. The summed E-state index contributed by atoms with van der Waals surface area (Å²) in [6, 6.07) is 47.4. The van der Waals surface area contributed by atoms with Crippen molar-refractivity contribution in [2.75, 3.05) is 0 Å². The quantitative estimate of drug-likeness (QED) is 0.0863. The molecule has 0 amide bonds. The van der Waals surface area contributed by atoms with E-state index in [2.05, 4.69) is 0 Å². The second-order valence-electron chi connectivity index (χ2n) is 17.6. The lowest BCUT2D eigenvalue weighted by molar-refractivity contribution is -0.138. The molecule has 0 atom stereocenters. The Morgan fingerprint density at radius 3 is 0.662 bits per heavy atom. The van der Waals surface area contributed by atoms with E-state index >= 15 is 9.13 Å². The molecule has 0 fully saturated rings. The van der Waals surface area contributed by atoms with Crippen LogP contribution in [-0.2, 0) is 33.8 Å². The van der Waals surface area contributed by atoms with Crippen LogP contribution in [0.1, 0.15) is 22.3 Å². The van der Waals surface area contributed by atoms with E-state index in [1.807, 2.05) is 60.7 Å². The van der Waals surface area contributed by atoms with Crippen molar-refractivity contribution in [2.45, 2.75) is 24.7 Å². The van der Waals surface area contributed by atoms with Gasteiger partial charge in [-0.15, -0.1) is 0 Å². The van der Waals surface area contributed by atoms with Gasteiger partial charge in [0, 0.05) is 31.8 Å². The maximum Gasteiger partial charge on any atom is 0.416 e. The molecule has 0 heterocycles. The second-order valence-corrected chi connectivity index (χ2v) is 23.1. The first kappa shape index (κ1) is 50.1. The molecule has 0 aliphatic heterocycles. The lowest BCUT2D eigenvalue weighted by atomic mass is 9.90. The second kappa shape index (κ2) is 18.2. The Labute approximate surface area is 414 Å². The van der Waals surface area contributed by atoms with E-state index in [0.29, 0.717) is 11.1 Å². The minimum absolute atomic E-state index is 0.00132. The van der Waals surface area contributed by atoms with Crippen LogP contribution in [0.2, 0.25) is 0 Å². The fraction of sp³-hybridized carbons (Fsp3) is 0.0690. The van der Waals surface area contributed by atoms with Crippen molar-refractivity contribution < 1.29 is 61.8 Å². The molecule has 10 aromatic rings. The van der Waals surface area contributed by atoms with Crippen LogP contribution >= 0.6 is 14.3 Å². The summed E-state index contributed by atoms with van der Waals surface area (Å²) in [4.78, 5) is 0. The van der Waals surface area contributed by atoms with Crippen LogP contribution in [0.15, 0.2) is 206 Å². The van der Waals surface area contributed by atoms with Crippen LogP contribution in [-0.4, -0.2) is 0 Å². The van der Waals surface area contributed by atoms with Crippen LogP contribution in [0.4, 0.5) is 52.7 Å². The number of hydrogen-bond donors (Lipinski definition) is 0. The van der Waals surface area contributed by atoms with E-state index < -0.39 is 61.2 Å². The highest BCUT2D eigenvalue weighted by Gasteiger charge is 2.38. The minimum Gasteiger partial charge on any atom is -0.309 e. The van der Waals surface area contributed by atoms with Crippen molar-refractivity contribution in [3.8, 4) is 22.3 Å². The highest BCUT2D eigenvalue weighted by atomic mass is 31.2. The Morgan fingerprint density at radius 1 is 0.230 bits per heavy atom. The molecular formula is C58H34F12O2P2. The minimum atomic E-state index is -4.68. The third-order valence-electron chi connectivity index (χ3n) is 13.2. The zero-order chi connectivity index (χ0) is 52.6. The molecule has 0 N–H and O–H groups in total. The van der Waals surface area contributed by atoms with E-state index in [-0.39, 0.29) is 31.8 Å². The molecule has 372 valence electrons. The predicted molar refractivity (Wildman–Crippen MR) is 269 cm³/mol. The predicted octanol–water partition coefficient (Wildman–Crippen LogP) is 15.8. The topological polar surface area (TPSA) is 34.1 Å². The number of benzene rings is 10. The van der Waals surface area contributed by atoms with Gasteiger partial charge in [-0.05, 0) is 115 Å². The average Bonchev–Trinajstić information content (AvgIpc) is 3.39. The lowest BCUT2D eigenvalue weighted by Crippen LogP contribution is -2.25. The van der Waals surface area contributed by atoms with Crippen LogP contribution in [0.5, 0.6) is 0 Å². The van der Waals surface area contributed by atoms with Gasteiger partial charge in [0.25, 0.3) is 0 Å². The fourth-order valence-corrected chi connectivity index (χ4v) is 14.6. The first-order chi connectivity index (χ1) is 34.9. The molecule has 2 nitrogen and oxygen atoms in total. The van der Waals surface area contributed by atoms with Crippen LogP contribution in [0.25, 0.3) is 54.6 Å². The molecule has 0 aromatic heterocycles. The van der Waals surface area contributed by atoms with Gasteiger partial charge in [0.15, 0.2) is 14.3 Å². The number of rotatable bonds is 8. The molecule has 0 spiro atoms. The normalized spacial score (nSPS) is 13.0. The third kappa shape index (κ3) is 9.08. The Balaban J connectivity index is 1.01. The van der Waals surface area contributed by atoms with E-state index in [0.717, 1.165) is 141 Å². The van der Waals surface area contributed by atoms with E-state index in [1.54, 1.807) is 48.5 Å². The highest BCUT2D eigenvalue weighted by Crippen LogP contribution is 2.47. The SMILES string of the molecule is O=P(c1ccc(-c2ccc3c4ccc(-c5ccc(P(=O)(c6ccc(C(F)(F)F)cc6)c6ccc(C(F)(F)F)cc6)cc5)cc4c4ccccc4c3c2)cc1)(c1ccc(C(F)(F)F)cc1)c1ccc(C(F)(F)F)cc1. The Kier molecular flexibility index (Phi) is 12.3. The summed E-state index contributed by atoms with van der Waals surface area (Å²) in [5, 5.41) is 5.72. The fourth-order valence-electron chi connectivity index (χ4n) is 9.38. The maximum atomic E-state index is 15.1. The summed E-state index contributed by atoms with van der Waals surface area (Å²) in [6.07, 6.45) is -18.7. The van der Waals surface area contributed by atoms with E-state index in [1.165, 1.54) is 0 Å². The zero-order valence-electron chi connectivity index (χ0n) is 37.9. The number of hydrogen-bond acceptors (Lipinski definition) is 2. The lowest BCUT2D eigenvalue weighted by Gasteiger charge is -2.21. The van der Waals surface area contributed by atoms with Crippen molar-refractivity contribution in [1.29, 1.82) is 0 Å². The van der Waals surface area contributed by atoms with Gasteiger partial charge in [-0.3, -0.25) is 0 Å². The van der Waals surface area contributed by atoms with Crippen LogP contribution < -0.4 is 31.8 Å². The number of alkyl halides is 12. The summed E-state index contributed by atoms with van der Waals surface area (Å²) in [5.74, 6) is 0. The Bertz CT molecular complexity index is 3450. The number of fused-ring (bicyclic) bond motifs is 6. The van der Waals surface area contributed by atoms with Crippen molar-refractivity contribution in [3.05, 3.63) is 229 Å². The van der Waals surface area contributed by atoms with Gasteiger partial charge >= 0.3 is 24.7 Å². The van der Waals surface area contributed by atoms with Crippen molar-refractivity contribution in [2.24, 2.45) is 0 Å². The molecule has 0 radical (unpaired) electrons. The summed E-state index contributed by atoms with van der Waals surface area (Å²) < 4.78 is 193. The molecule has 0 saturated heterocycles. The largest absolute Gasteiger partial charge is 0.416 e. The summed E-state index contributed by atoms with van der Waals surface area (Å²) >= 11 is 0. The van der Waals surface area contributed by atoms with Gasteiger partial charge in [-0.25, -0.2) is 0 Å². The van der Waals surface area contributed by atoms with Gasteiger partial charge in [0.05, 0.1) is 22.3 Å². The maximum absolute atomic E-state index is 15.1. The Hall–Kier alpha value is -7.40. The third-order valence-corrected chi connectivity index (χ3v) is 19.4. The zero-order valence-corrected chi connectivity index (χ0v) is 39.7. The van der Waals surface area contributed by atoms with E-state index in [9.17, 15) is 52.7 Å². The molecule has 10 aromatic carbocycles. The summed E-state index contributed by atoms with van der Waals surface area (Å²) in [7, 11) is -8.03. The molecule has 0 bridgehead atoms. The molecule has 0 aliphatic carbocycles. The molecular weight excluding hydrogens is 1020 g/mol. The Morgan fingerprint density at radius 2 is 0.432 bits per heavy atom. The van der Waals surface area contributed by atoms with Gasteiger partial charge in [-0.1, -0.05) is 146 Å². The summed E-state index contributed by atoms with van der Waals surface area (Å²) in [5.41, 5.74) is -1.02. The van der Waals surface area contributed by atoms with Crippen LogP contribution in [0.3, 0.4) is 0 Å². The molecule has 0 saturated carbocycles. The monoisotopic (exact) mass is 1050 g/mol. The molecule has 0 aliphatic rings. The molecule has 74 heavy (non-hydrogen) atoms. The summed E-state index contributed by atoms with van der Waals surface area (Å²) in [6.45, 7) is 0. The van der Waals surface area contributed by atoms with Crippen molar-refractivity contribution in [3.63, 3.8) is 0 Å². The van der Waals surface area contributed by atoms with Gasteiger partial charge in [0.2, 0.25) is 0 Å². The average molecular weight is 1050 g/mol. The van der Waals surface area contributed by atoms with Crippen LogP contribution in [0, 0.1) is 0 Å². The molecule has 0 unspecified atom stereocenters. The smallest absolute Gasteiger partial charge is 0.309 e. The van der Waals surface area contributed by atoms with Gasteiger partial charge in [-0.2, -0.15) is 52.7 Å². The standard InChI is InChI=1S/C58H34F12O2P2/c59-55(60,61)39-11-23-45(24-12-39)73(71,46-25-13-40(14-26-46)56(62,63)64)43-19-5-35(6-20-43)37-9-31-51-52-32-10-38(34-54(52)50-4-2-1-3-49(50)53(51)33-37)36-7-21-44(22-8-36)74(72,47-27-15-41(16-28-47)57(65,66)67)48-29-17-42(18-30-48)58(68,69)70/h1-34H. The first-order valence-electron chi connectivity index (χ1n) is 22.5. The molecule has 10 rings (SSSR count). The van der Waals surface area contributed by atoms with Gasteiger partial charge in [0.1, 0.15) is 0 Å². The number of halogens is 12. The highest BCUT2D eigenvalue weighted by molar-refractivity contribution is 7.85. The van der Waals surface area contributed by atoms with Crippen molar-refractivity contribution in [1.82, 2.24) is 0 Å². The van der Waals surface area contributed by atoms with E-state index in [4.69, 9.17) is 0 Å². The van der Waals surface area contributed by atoms with Gasteiger partial charge < -0.3 is 9.13 Å². The first-order valence-corrected chi connectivity index (χ1v) is 25.9.